The molecule has 1 aliphatic rings. The summed E-state index contributed by atoms with van der Waals surface area (Å²) in [6.07, 6.45) is 1.24. The van der Waals surface area contributed by atoms with Crippen molar-refractivity contribution in [2.24, 2.45) is 5.73 Å². The van der Waals surface area contributed by atoms with Crippen molar-refractivity contribution in [3.05, 3.63) is 0 Å². The SMILES string of the molecule is COCCS(=O)(=O)NC1(CN)CCOCC1. The van der Waals surface area contributed by atoms with Crippen molar-refractivity contribution in [3.8, 4) is 0 Å². The summed E-state index contributed by atoms with van der Waals surface area (Å²) in [5.41, 5.74) is 5.12. The molecule has 1 aliphatic heterocycles. The lowest BCUT2D eigenvalue weighted by Crippen LogP contribution is -2.57. The van der Waals surface area contributed by atoms with E-state index in [1.165, 1.54) is 7.11 Å². The molecule has 7 heteroatoms. The molecular weight excluding hydrogens is 232 g/mol. The molecule has 0 radical (unpaired) electrons. The van der Waals surface area contributed by atoms with E-state index in [-0.39, 0.29) is 12.4 Å². The summed E-state index contributed by atoms with van der Waals surface area (Å²) in [6, 6.07) is 0. The van der Waals surface area contributed by atoms with E-state index in [1.54, 1.807) is 0 Å². The second-order valence-electron chi connectivity index (χ2n) is 4.01. The molecule has 0 aromatic carbocycles. The van der Waals surface area contributed by atoms with Gasteiger partial charge in [-0.1, -0.05) is 0 Å². The lowest BCUT2D eigenvalue weighted by atomic mass is 9.92. The molecule has 0 atom stereocenters. The molecule has 0 saturated carbocycles. The summed E-state index contributed by atoms with van der Waals surface area (Å²) in [7, 11) is -1.85. The zero-order valence-electron chi connectivity index (χ0n) is 9.57. The van der Waals surface area contributed by atoms with Gasteiger partial charge in [-0.25, -0.2) is 13.1 Å². The van der Waals surface area contributed by atoms with Gasteiger partial charge in [0.2, 0.25) is 10.0 Å². The molecule has 96 valence electrons. The van der Waals surface area contributed by atoms with Gasteiger partial charge in [0.05, 0.1) is 12.4 Å². The van der Waals surface area contributed by atoms with Crippen molar-refractivity contribution >= 4 is 10.0 Å². The number of ether oxygens (including phenoxy) is 2. The van der Waals surface area contributed by atoms with Gasteiger partial charge in [-0.15, -0.1) is 0 Å². The number of nitrogens with two attached hydrogens (primary N) is 1. The first kappa shape index (κ1) is 13.9. The maximum atomic E-state index is 11.7. The van der Waals surface area contributed by atoms with E-state index in [2.05, 4.69) is 4.72 Å². The average Bonchev–Trinajstić information content (AvgIpc) is 2.27. The molecule has 0 spiro atoms. The van der Waals surface area contributed by atoms with Gasteiger partial charge in [-0.05, 0) is 12.8 Å². The molecule has 0 unspecified atom stereocenters. The highest BCUT2D eigenvalue weighted by atomic mass is 32.2. The van der Waals surface area contributed by atoms with Crippen LogP contribution in [0, 0.1) is 0 Å². The van der Waals surface area contributed by atoms with E-state index in [1.807, 2.05) is 0 Å². The van der Waals surface area contributed by atoms with Gasteiger partial charge in [0.15, 0.2) is 0 Å². The van der Waals surface area contributed by atoms with Crippen LogP contribution in [0.4, 0.5) is 0 Å². The lowest BCUT2D eigenvalue weighted by molar-refractivity contribution is 0.0501. The van der Waals surface area contributed by atoms with Gasteiger partial charge in [0.1, 0.15) is 0 Å². The highest BCUT2D eigenvalue weighted by Crippen LogP contribution is 2.20. The number of hydrogen-bond acceptors (Lipinski definition) is 5. The van der Waals surface area contributed by atoms with Crippen LogP contribution in [0.3, 0.4) is 0 Å². The van der Waals surface area contributed by atoms with Crippen molar-refractivity contribution in [3.63, 3.8) is 0 Å². The summed E-state index contributed by atoms with van der Waals surface area (Å²) in [4.78, 5) is 0. The normalized spacial score (nSPS) is 20.9. The highest BCUT2D eigenvalue weighted by molar-refractivity contribution is 7.89. The minimum atomic E-state index is -3.32. The van der Waals surface area contributed by atoms with Crippen LogP contribution in [0.1, 0.15) is 12.8 Å². The smallest absolute Gasteiger partial charge is 0.214 e. The summed E-state index contributed by atoms with van der Waals surface area (Å²) >= 11 is 0. The zero-order chi connectivity index (χ0) is 12.1. The number of nitrogens with one attached hydrogen (secondary N) is 1. The Morgan fingerprint density at radius 1 is 1.44 bits per heavy atom. The van der Waals surface area contributed by atoms with Crippen molar-refractivity contribution in [1.29, 1.82) is 0 Å². The van der Waals surface area contributed by atoms with Crippen LogP contribution in [0.2, 0.25) is 0 Å². The van der Waals surface area contributed by atoms with Crippen LogP contribution in [0.25, 0.3) is 0 Å². The quantitative estimate of drug-likeness (QED) is 0.636. The van der Waals surface area contributed by atoms with Gasteiger partial charge in [0.25, 0.3) is 0 Å². The number of rotatable bonds is 6. The molecule has 6 nitrogen and oxygen atoms in total. The lowest BCUT2D eigenvalue weighted by Gasteiger charge is -2.36. The van der Waals surface area contributed by atoms with E-state index < -0.39 is 15.6 Å². The van der Waals surface area contributed by atoms with Crippen LogP contribution in [-0.4, -0.2) is 53.2 Å². The van der Waals surface area contributed by atoms with E-state index in [0.29, 0.717) is 32.6 Å². The Hall–Kier alpha value is -0.210. The molecule has 0 aromatic heterocycles. The molecule has 1 rings (SSSR count). The van der Waals surface area contributed by atoms with E-state index in [0.717, 1.165) is 0 Å². The molecule has 1 saturated heterocycles. The Morgan fingerprint density at radius 3 is 2.56 bits per heavy atom. The Morgan fingerprint density at radius 2 is 2.06 bits per heavy atom. The standard InChI is InChI=1S/C9H20N2O4S/c1-14-6-7-16(12,13)11-9(8-10)2-4-15-5-3-9/h11H,2-8,10H2,1H3. The minimum absolute atomic E-state index is 0.0356. The van der Waals surface area contributed by atoms with Crippen LogP contribution in [0.15, 0.2) is 0 Å². The van der Waals surface area contributed by atoms with Gasteiger partial charge in [-0.2, -0.15) is 0 Å². The fourth-order valence-electron chi connectivity index (χ4n) is 1.68. The topological polar surface area (TPSA) is 90.7 Å². The van der Waals surface area contributed by atoms with Gasteiger partial charge < -0.3 is 15.2 Å². The highest BCUT2D eigenvalue weighted by Gasteiger charge is 2.34. The van der Waals surface area contributed by atoms with Gasteiger partial charge in [-0.3, -0.25) is 0 Å². The first-order valence-electron chi connectivity index (χ1n) is 5.32. The maximum absolute atomic E-state index is 11.7. The molecule has 1 fully saturated rings. The second kappa shape index (κ2) is 5.92. The van der Waals surface area contributed by atoms with Crippen molar-refractivity contribution in [1.82, 2.24) is 4.72 Å². The summed E-state index contributed by atoms with van der Waals surface area (Å²) in [6.45, 7) is 1.57. The van der Waals surface area contributed by atoms with Crippen LogP contribution >= 0.6 is 0 Å². The molecule has 0 aliphatic carbocycles. The molecule has 1 heterocycles. The van der Waals surface area contributed by atoms with Gasteiger partial charge >= 0.3 is 0 Å². The summed E-state index contributed by atoms with van der Waals surface area (Å²) < 4.78 is 36.1. The van der Waals surface area contributed by atoms with Crippen LogP contribution < -0.4 is 10.5 Å². The third kappa shape index (κ3) is 3.99. The zero-order valence-corrected chi connectivity index (χ0v) is 10.4. The average molecular weight is 252 g/mol. The first-order chi connectivity index (χ1) is 7.54. The van der Waals surface area contributed by atoms with Crippen LogP contribution in [0.5, 0.6) is 0 Å². The fourth-order valence-corrected chi connectivity index (χ4v) is 3.12. The van der Waals surface area contributed by atoms with E-state index >= 15 is 0 Å². The van der Waals surface area contributed by atoms with Crippen molar-refractivity contribution in [2.75, 3.05) is 39.2 Å². The Labute approximate surface area is 96.5 Å². The minimum Gasteiger partial charge on any atom is -0.384 e. The Balaban J connectivity index is 2.61. The van der Waals surface area contributed by atoms with E-state index in [9.17, 15) is 8.42 Å². The Bertz CT molecular complexity index is 299. The van der Waals surface area contributed by atoms with Crippen molar-refractivity contribution in [2.45, 2.75) is 18.4 Å². The van der Waals surface area contributed by atoms with Crippen LogP contribution in [-0.2, 0) is 19.5 Å². The molecule has 0 amide bonds. The molecular formula is C9H20N2O4S. The summed E-state index contributed by atoms with van der Waals surface area (Å²) in [5.74, 6) is -0.0356. The first-order valence-corrected chi connectivity index (χ1v) is 6.97. The predicted molar refractivity (Wildman–Crippen MR) is 60.6 cm³/mol. The van der Waals surface area contributed by atoms with E-state index in [4.69, 9.17) is 15.2 Å². The van der Waals surface area contributed by atoms with Crippen molar-refractivity contribution < 1.29 is 17.9 Å². The largest absolute Gasteiger partial charge is 0.384 e. The predicted octanol–water partition coefficient (Wildman–Crippen LogP) is -0.940. The maximum Gasteiger partial charge on any atom is 0.214 e. The molecule has 3 N–H and O–H groups in total. The monoisotopic (exact) mass is 252 g/mol. The fraction of sp³-hybridized carbons (Fsp3) is 1.00. The second-order valence-corrected chi connectivity index (χ2v) is 5.85. The molecule has 0 aromatic rings. The Kier molecular flexibility index (Phi) is 5.13. The number of hydrogen-bond donors (Lipinski definition) is 2. The third-order valence-corrected chi connectivity index (χ3v) is 4.22. The number of methoxy groups -OCH3 is 1. The molecule has 16 heavy (non-hydrogen) atoms. The summed E-state index contributed by atoms with van der Waals surface area (Å²) in [5, 5.41) is 0. The van der Waals surface area contributed by atoms with Gasteiger partial charge in [0, 0.05) is 32.4 Å². The number of sulfonamides is 1. The third-order valence-electron chi connectivity index (χ3n) is 2.77. The molecule has 0 bridgehead atoms.